The van der Waals surface area contributed by atoms with E-state index in [1.165, 1.54) is 11.3 Å². The van der Waals surface area contributed by atoms with Gasteiger partial charge in [-0.3, -0.25) is 4.79 Å². The molecule has 0 bridgehead atoms. The third kappa shape index (κ3) is 2.48. The zero-order valence-electron chi connectivity index (χ0n) is 10.9. The molecule has 106 valence electrons. The van der Waals surface area contributed by atoms with Crippen molar-refractivity contribution < 1.29 is 19.4 Å². The van der Waals surface area contributed by atoms with E-state index in [1.54, 1.807) is 6.07 Å². The van der Waals surface area contributed by atoms with Crippen LogP contribution in [0.25, 0.3) is 5.57 Å². The predicted octanol–water partition coefficient (Wildman–Crippen LogP) is 1.71. The van der Waals surface area contributed by atoms with Crippen molar-refractivity contribution in [1.82, 2.24) is 4.90 Å². The van der Waals surface area contributed by atoms with E-state index in [4.69, 9.17) is 9.84 Å². The van der Waals surface area contributed by atoms with Crippen LogP contribution < -0.4 is 0 Å². The lowest BCUT2D eigenvalue weighted by atomic mass is 10.00. The molecular formula is C14H15NO4S. The number of carboxylic acids is 1. The Hall–Kier alpha value is -1.66. The predicted molar refractivity (Wildman–Crippen MR) is 74.8 cm³/mol. The lowest BCUT2D eigenvalue weighted by Crippen LogP contribution is -2.46. The van der Waals surface area contributed by atoms with Crippen molar-refractivity contribution in [2.45, 2.75) is 6.42 Å². The van der Waals surface area contributed by atoms with Crippen LogP contribution in [0.15, 0.2) is 17.5 Å². The Morgan fingerprint density at radius 1 is 1.40 bits per heavy atom. The Labute approximate surface area is 120 Å². The van der Waals surface area contributed by atoms with Gasteiger partial charge in [-0.15, -0.1) is 11.3 Å². The van der Waals surface area contributed by atoms with Crippen molar-refractivity contribution in [3.63, 3.8) is 0 Å². The van der Waals surface area contributed by atoms with Crippen LogP contribution >= 0.6 is 11.3 Å². The Kier molecular flexibility index (Phi) is 3.58. The third-order valence-electron chi connectivity index (χ3n) is 3.69. The summed E-state index contributed by atoms with van der Waals surface area (Å²) in [6.07, 6.45) is 2.80. The molecule has 0 saturated carbocycles. The Morgan fingerprint density at radius 2 is 2.20 bits per heavy atom. The average molecular weight is 293 g/mol. The van der Waals surface area contributed by atoms with Gasteiger partial charge in [0.05, 0.1) is 19.1 Å². The number of carboxylic acid groups (broad SMARTS) is 1. The molecule has 2 aliphatic rings. The van der Waals surface area contributed by atoms with Crippen LogP contribution in [0.1, 0.15) is 21.7 Å². The molecule has 1 aromatic rings. The van der Waals surface area contributed by atoms with E-state index < -0.39 is 5.97 Å². The molecule has 20 heavy (non-hydrogen) atoms. The highest BCUT2D eigenvalue weighted by atomic mass is 32.1. The van der Waals surface area contributed by atoms with Gasteiger partial charge in [-0.05, 0) is 29.0 Å². The number of hydrogen-bond acceptors (Lipinski definition) is 4. The van der Waals surface area contributed by atoms with Crippen molar-refractivity contribution in [1.29, 1.82) is 0 Å². The molecule has 1 fully saturated rings. The second-order valence-electron chi connectivity index (χ2n) is 5.00. The Balaban J connectivity index is 1.66. The highest BCUT2D eigenvalue weighted by Crippen LogP contribution is 2.27. The van der Waals surface area contributed by atoms with E-state index in [0.717, 1.165) is 17.6 Å². The van der Waals surface area contributed by atoms with E-state index in [-0.39, 0.29) is 11.8 Å². The summed E-state index contributed by atoms with van der Waals surface area (Å²) in [6, 6.07) is 1.70. The highest BCUT2D eigenvalue weighted by Gasteiger charge is 2.31. The average Bonchev–Trinajstić information content (AvgIpc) is 2.86. The molecule has 3 heterocycles. The number of carbonyl (C=O) groups excluding carboxylic acids is 1. The van der Waals surface area contributed by atoms with Crippen LogP contribution in [0.3, 0.4) is 0 Å². The molecule has 5 nitrogen and oxygen atoms in total. The Morgan fingerprint density at radius 3 is 2.70 bits per heavy atom. The molecule has 0 radical (unpaired) electrons. The van der Waals surface area contributed by atoms with Crippen LogP contribution in [-0.2, 0) is 9.53 Å². The van der Waals surface area contributed by atoms with Gasteiger partial charge >= 0.3 is 5.97 Å². The molecule has 0 aromatic carbocycles. The van der Waals surface area contributed by atoms with E-state index in [0.29, 0.717) is 31.2 Å². The van der Waals surface area contributed by atoms with Crippen LogP contribution in [-0.4, -0.2) is 48.2 Å². The van der Waals surface area contributed by atoms with Gasteiger partial charge in [0.2, 0.25) is 5.91 Å². The summed E-state index contributed by atoms with van der Waals surface area (Å²) in [6.45, 7) is 2.37. The zero-order chi connectivity index (χ0) is 14.1. The molecule has 1 saturated heterocycles. The summed E-state index contributed by atoms with van der Waals surface area (Å²) in [5, 5.41) is 10.8. The lowest BCUT2D eigenvalue weighted by molar-refractivity contribution is -0.149. The summed E-state index contributed by atoms with van der Waals surface area (Å²) >= 11 is 1.24. The summed E-state index contributed by atoms with van der Waals surface area (Å²) in [7, 11) is 0. The molecule has 0 atom stereocenters. The molecule has 1 aromatic heterocycles. The van der Waals surface area contributed by atoms with Gasteiger partial charge < -0.3 is 14.7 Å². The maximum atomic E-state index is 12.1. The normalized spacial score (nSPS) is 19.4. The van der Waals surface area contributed by atoms with Crippen LogP contribution in [0, 0.1) is 5.92 Å². The highest BCUT2D eigenvalue weighted by molar-refractivity contribution is 7.12. The van der Waals surface area contributed by atoms with E-state index in [9.17, 15) is 9.59 Å². The summed E-state index contributed by atoms with van der Waals surface area (Å²) in [5.41, 5.74) is 2.09. The van der Waals surface area contributed by atoms with Crippen molar-refractivity contribution in [3.05, 3.63) is 28.0 Å². The Bertz CT molecular complexity index is 573. The van der Waals surface area contributed by atoms with E-state index >= 15 is 0 Å². The molecule has 1 amide bonds. The first kappa shape index (κ1) is 13.3. The number of carbonyl (C=O) groups is 2. The van der Waals surface area contributed by atoms with Gasteiger partial charge in [-0.25, -0.2) is 4.79 Å². The summed E-state index contributed by atoms with van der Waals surface area (Å²) in [4.78, 5) is 25.1. The van der Waals surface area contributed by atoms with Crippen LogP contribution in [0.4, 0.5) is 0 Å². The zero-order valence-corrected chi connectivity index (χ0v) is 11.7. The summed E-state index contributed by atoms with van der Waals surface area (Å²) < 4.78 is 5.05. The van der Waals surface area contributed by atoms with Gasteiger partial charge in [-0.1, -0.05) is 6.08 Å². The fraction of sp³-hybridized carbons (Fsp3) is 0.429. The monoisotopic (exact) mass is 293 g/mol. The molecule has 0 spiro atoms. The maximum Gasteiger partial charge on any atom is 0.345 e. The molecule has 0 unspecified atom stereocenters. The number of thiophene rings is 1. The van der Waals surface area contributed by atoms with E-state index in [2.05, 4.69) is 0 Å². The smallest absolute Gasteiger partial charge is 0.345 e. The third-order valence-corrected chi connectivity index (χ3v) is 4.61. The second-order valence-corrected chi connectivity index (χ2v) is 5.91. The molecular weight excluding hydrogens is 278 g/mol. The van der Waals surface area contributed by atoms with Crippen molar-refractivity contribution >= 4 is 28.8 Å². The van der Waals surface area contributed by atoms with Gasteiger partial charge in [-0.2, -0.15) is 0 Å². The van der Waals surface area contributed by atoms with Crippen molar-refractivity contribution in [3.8, 4) is 0 Å². The summed E-state index contributed by atoms with van der Waals surface area (Å²) in [5.74, 6) is -0.688. The molecule has 3 rings (SSSR count). The molecule has 6 heteroatoms. The number of amides is 1. The second kappa shape index (κ2) is 5.38. The van der Waals surface area contributed by atoms with Gasteiger partial charge in [0.25, 0.3) is 0 Å². The van der Waals surface area contributed by atoms with Crippen molar-refractivity contribution in [2.75, 3.05) is 26.3 Å². The number of rotatable bonds is 3. The van der Waals surface area contributed by atoms with Crippen LogP contribution in [0.5, 0.6) is 0 Å². The van der Waals surface area contributed by atoms with Crippen LogP contribution in [0.2, 0.25) is 0 Å². The first-order valence-corrected chi connectivity index (χ1v) is 7.41. The number of nitrogens with zero attached hydrogens (tertiary/aromatic N) is 1. The quantitative estimate of drug-likeness (QED) is 0.921. The largest absolute Gasteiger partial charge is 0.477 e. The van der Waals surface area contributed by atoms with Crippen molar-refractivity contribution in [2.24, 2.45) is 5.92 Å². The SMILES string of the molecule is O=C(O)c1cc(C2=CCN(C(=O)C3COC3)CC2)cs1. The van der Waals surface area contributed by atoms with Gasteiger partial charge in [0, 0.05) is 13.1 Å². The fourth-order valence-corrected chi connectivity index (χ4v) is 3.15. The number of ether oxygens (including phenoxy) is 1. The lowest BCUT2D eigenvalue weighted by Gasteiger charge is -2.33. The first-order chi connectivity index (χ1) is 9.65. The standard InChI is InChI=1S/C14H15NO4S/c16-13(11-6-19-7-11)15-3-1-9(2-4-15)10-5-12(14(17)18)20-8-10/h1,5,8,11H,2-4,6-7H2,(H,17,18). The number of aromatic carboxylic acids is 1. The fourth-order valence-electron chi connectivity index (χ4n) is 2.38. The minimum absolute atomic E-state index is 0.0321. The first-order valence-electron chi connectivity index (χ1n) is 6.53. The topological polar surface area (TPSA) is 66.8 Å². The minimum atomic E-state index is -0.889. The maximum absolute atomic E-state index is 12.1. The molecule has 0 aliphatic carbocycles. The minimum Gasteiger partial charge on any atom is -0.477 e. The van der Waals surface area contributed by atoms with Gasteiger partial charge in [0.1, 0.15) is 4.88 Å². The molecule has 2 aliphatic heterocycles. The van der Waals surface area contributed by atoms with E-state index in [1.807, 2.05) is 16.4 Å². The number of hydrogen-bond donors (Lipinski definition) is 1. The molecule has 1 N–H and O–H groups in total. The van der Waals surface area contributed by atoms with Gasteiger partial charge in [0.15, 0.2) is 0 Å².